The lowest BCUT2D eigenvalue weighted by molar-refractivity contribution is 0.279. The van der Waals surface area contributed by atoms with Crippen molar-refractivity contribution in [3.8, 4) is 0 Å². The van der Waals surface area contributed by atoms with Gasteiger partial charge in [-0.1, -0.05) is 31.2 Å². The second-order valence-corrected chi connectivity index (χ2v) is 8.10. The Kier molecular flexibility index (Phi) is 4.70. The summed E-state index contributed by atoms with van der Waals surface area (Å²) < 4.78 is 0. The van der Waals surface area contributed by atoms with Gasteiger partial charge in [-0.05, 0) is 44.4 Å². The third kappa shape index (κ3) is 3.11. The van der Waals surface area contributed by atoms with E-state index in [4.69, 9.17) is 4.98 Å². The molecular formula is C22H30N4. The Morgan fingerprint density at radius 3 is 2.65 bits per heavy atom. The van der Waals surface area contributed by atoms with E-state index in [0.29, 0.717) is 12.0 Å². The van der Waals surface area contributed by atoms with Crippen LogP contribution >= 0.6 is 0 Å². The molecule has 0 aliphatic carbocycles. The first-order valence-electron chi connectivity index (χ1n) is 9.92. The maximum absolute atomic E-state index is 4.87. The predicted molar refractivity (Wildman–Crippen MR) is 107 cm³/mol. The number of rotatable bonds is 4. The first-order chi connectivity index (χ1) is 12.6. The van der Waals surface area contributed by atoms with E-state index in [-0.39, 0.29) is 0 Å². The van der Waals surface area contributed by atoms with Gasteiger partial charge in [-0.3, -0.25) is 4.90 Å². The Morgan fingerprint density at radius 1 is 1.08 bits per heavy atom. The molecule has 1 aromatic carbocycles. The Morgan fingerprint density at radius 2 is 1.88 bits per heavy atom. The molecule has 0 amide bonds. The molecule has 0 radical (unpaired) electrons. The Balaban J connectivity index is 1.59. The van der Waals surface area contributed by atoms with Gasteiger partial charge < -0.3 is 4.90 Å². The van der Waals surface area contributed by atoms with Gasteiger partial charge in [0.1, 0.15) is 11.6 Å². The second kappa shape index (κ2) is 6.99. The highest BCUT2D eigenvalue weighted by molar-refractivity contribution is 5.43. The monoisotopic (exact) mass is 350 g/mol. The number of anilines is 1. The van der Waals surface area contributed by atoms with Gasteiger partial charge in [0.25, 0.3) is 0 Å². The van der Waals surface area contributed by atoms with Gasteiger partial charge in [-0.25, -0.2) is 9.97 Å². The van der Waals surface area contributed by atoms with Crippen molar-refractivity contribution in [2.24, 2.45) is 11.8 Å². The van der Waals surface area contributed by atoms with Crippen LogP contribution in [0.4, 0.5) is 5.82 Å². The first kappa shape index (κ1) is 17.5. The molecular weight excluding hydrogens is 320 g/mol. The zero-order valence-electron chi connectivity index (χ0n) is 16.4. The van der Waals surface area contributed by atoms with Crippen LogP contribution in [0, 0.1) is 25.7 Å². The fourth-order valence-electron chi connectivity index (χ4n) is 4.94. The van der Waals surface area contributed by atoms with Crippen LogP contribution in [0.3, 0.4) is 0 Å². The fourth-order valence-corrected chi connectivity index (χ4v) is 4.94. The number of likely N-dealkylation sites (tertiary alicyclic amines) is 1. The van der Waals surface area contributed by atoms with Crippen molar-refractivity contribution in [3.05, 3.63) is 53.0 Å². The van der Waals surface area contributed by atoms with Gasteiger partial charge in [0.2, 0.25) is 0 Å². The maximum atomic E-state index is 4.87. The highest BCUT2D eigenvalue weighted by Crippen LogP contribution is 2.45. The van der Waals surface area contributed by atoms with Crippen LogP contribution < -0.4 is 4.90 Å². The molecule has 0 N–H and O–H groups in total. The fraction of sp³-hybridized carbons (Fsp3) is 0.545. The van der Waals surface area contributed by atoms with Gasteiger partial charge in [-0.2, -0.15) is 0 Å². The molecule has 3 heterocycles. The molecule has 4 rings (SSSR count). The smallest absolute Gasteiger partial charge is 0.132 e. The molecule has 4 heteroatoms. The molecule has 1 aromatic heterocycles. The largest absolute Gasteiger partial charge is 0.356 e. The van der Waals surface area contributed by atoms with Crippen molar-refractivity contribution in [1.82, 2.24) is 14.9 Å². The van der Waals surface area contributed by atoms with Crippen LogP contribution in [-0.2, 0) is 6.42 Å². The minimum Gasteiger partial charge on any atom is -0.356 e. The van der Waals surface area contributed by atoms with Gasteiger partial charge in [-0.15, -0.1) is 0 Å². The summed E-state index contributed by atoms with van der Waals surface area (Å²) in [5.41, 5.74) is 3.99. The Bertz CT molecular complexity index is 787. The number of benzene rings is 1. The van der Waals surface area contributed by atoms with Crippen molar-refractivity contribution in [2.45, 2.75) is 39.7 Å². The molecule has 0 unspecified atom stereocenters. The summed E-state index contributed by atoms with van der Waals surface area (Å²) in [6, 6.07) is 11.6. The standard InChI is InChI=1S/C22H30N4/c1-5-8-20-23-16(3)11-21(24-20)26-13-17-12-25(4)22(19(17)14-26)18-10-7-6-9-15(18)2/h6-7,9-11,17,19,22H,5,8,12-14H2,1-4H3/t17-,19+,22-/m0/s1. The topological polar surface area (TPSA) is 32.3 Å². The molecule has 2 aromatic rings. The molecule has 0 saturated carbocycles. The van der Waals surface area contributed by atoms with Gasteiger partial charge in [0.15, 0.2) is 0 Å². The van der Waals surface area contributed by atoms with Gasteiger partial charge >= 0.3 is 0 Å². The van der Waals surface area contributed by atoms with Crippen molar-refractivity contribution in [3.63, 3.8) is 0 Å². The first-order valence-corrected chi connectivity index (χ1v) is 9.92. The van der Waals surface area contributed by atoms with Crippen LogP contribution in [-0.4, -0.2) is 41.5 Å². The third-order valence-corrected chi connectivity index (χ3v) is 6.09. The lowest BCUT2D eigenvalue weighted by Gasteiger charge is -2.28. The Hall–Kier alpha value is -1.94. The summed E-state index contributed by atoms with van der Waals surface area (Å²) in [7, 11) is 2.29. The summed E-state index contributed by atoms with van der Waals surface area (Å²) in [5, 5.41) is 0. The van der Waals surface area contributed by atoms with Crippen molar-refractivity contribution >= 4 is 5.82 Å². The molecule has 2 aliphatic rings. The van der Waals surface area contributed by atoms with E-state index >= 15 is 0 Å². The molecule has 2 fully saturated rings. The molecule has 0 bridgehead atoms. The van der Waals surface area contributed by atoms with Crippen LogP contribution in [0.25, 0.3) is 0 Å². The number of fused-ring (bicyclic) bond motifs is 1. The van der Waals surface area contributed by atoms with Crippen molar-refractivity contribution in [1.29, 1.82) is 0 Å². The second-order valence-electron chi connectivity index (χ2n) is 8.10. The third-order valence-electron chi connectivity index (χ3n) is 6.09. The van der Waals surface area contributed by atoms with E-state index in [0.717, 1.165) is 49.2 Å². The van der Waals surface area contributed by atoms with E-state index in [1.165, 1.54) is 17.7 Å². The SMILES string of the molecule is CCCc1nc(C)cc(N2C[C@@H]3CN(C)[C@@H](c4ccccc4C)[C@@H]3C2)n1. The van der Waals surface area contributed by atoms with Crippen LogP contribution in [0.15, 0.2) is 30.3 Å². The Labute approximate surface area is 157 Å². The normalized spacial score (nSPS) is 25.7. The number of aryl methyl sites for hydroxylation is 3. The zero-order chi connectivity index (χ0) is 18.3. The molecule has 0 spiro atoms. The lowest BCUT2D eigenvalue weighted by atomic mass is 9.88. The minimum absolute atomic E-state index is 0.518. The highest BCUT2D eigenvalue weighted by atomic mass is 15.3. The lowest BCUT2D eigenvalue weighted by Crippen LogP contribution is -2.30. The number of aromatic nitrogens is 2. The zero-order valence-corrected chi connectivity index (χ0v) is 16.4. The molecule has 2 aliphatic heterocycles. The summed E-state index contributed by atoms with van der Waals surface area (Å²) in [6.45, 7) is 9.90. The molecule has 2 saturated heterocycles. The van der Waals surface area contributed by atoms with E-state index in [1.807, 2.05) is 0 Å². The van der Waals surface area contributed by atoms with Crippen LogP contribution in [0.2, 0.25) is 0 Å². The van der Waals surface area contributed by atoms with Crippen LogP contribution in [0.1, 0.15) is 42.0 Å². The number of hydrogen-bond acceptors (Lipinski definition) is 4. The average molecular weight is 351 g/mol. The average Bonchev–Trinajstić information content (AvgIpc) is 3.12. The summed E-state index contributed by atoms with van der Waals surface area (Å²) in [6.07, 6.45) is 2.05. The van der Waals surface area contributed by atoms with E-state index in [1.54, 1.807) is 0 Å². The van der Waals surface area contributed by atoms with E-state index in [2.05, 4.69) is 72.9 Å². The van der Waals surface area contributed by atoms with Crippen LogP contribution in [0.5, 0.6) is 0 Å². The van der Waals surface area contributed by atoms with Crippen molar-refractivity contribution < 1.29 is 0 Å². The summed E-state index contributed by atoms with van der Waals surface area (Å²) >= 11 is 0. The molecule has 138 valence electrons. The molecule has 26 heavy (non-hydrogen) atoms. The quantitative estimate of drug-likeness (QED) is 0.840. The minimum atomic E-state index is 0.518. The van der Waals surface area contributed by atoms with E-state index < -0.39 is 0 Å². The number of hydrogen-bond donors (Lipinski definition) is 0. The number of nitrogens with zero attached hydrogens (tertiary/aromatic N) is 4. The summed E-state index contributed by atoms with van der Waals surface area (Å²) in [4.78, 5) is 14.5. The van der Waals surface area contributed by atoms with E-state index in [9.17, 15) is 0 Å². The van der Waals surface area contributed by atoms with Crippen molar-refractivity contribution in [2.75, 3.05) is 31.6 Å². The van der Waals surface area contributed by atoms with Gasteiger partial charge in [0.05, 0.1) is 0 Å². The predicted octanol–water partition coefficient (Wildman–Crippen LogP) is 3.79. The summed E-state index contributed by atoms with van der Waals surface area (Å²) in [5.74, 6) is 3.51. The molecule has 3 atom stereocenters. The molecule has 4 nitrogen and oxygen atoms in total. The maximum Gasteiger partial charge on any atom is 0.132 e. The van der Waals surface area contributed by atoms with Gasteiger partial charge in [0, 0.05) is 49.8 Å². The highest BCUT2D eigenvalue weighted by Gasteiger charge is 2.46.